The number of fused-ring (bicyclic) bond motifs is 1. The first kappa shape index (κ1) is 15.8. The topological polar surface area (TPSA) is 28.1 Å². The molecular formula is C21H26N2. The molecule has 3 rings (SSSR count). The van der Waals surface area contributed by atoms with Gasteiger partial charge in [-0.3, -0.25) is 4.99 Å². The van der Waals surface area contributed by atoms with Crippen molar-refractivity contribution in [2.45, 2.75) is 38.6 Å². The van der Waals surface area contributed by atoms with Crippen molar-refractivity contribution in [2.75, 3.05) is 0 Å². The van der Waals surface area contributed by atoms with E-state index in [2.05, 4.69) is 80.2 Å². The average molecular weight is 306 g/mol. The van der Waals surface area contributed by atoms with E-state index in [0.29, 0.717) is 5.92 Å². The molecular weight excluding hydrogens is 280 g/mol. The fourth-order valence-corrected chi connectivity index (χ4v) is 4.28. The molecule has 1 N–H and O–H groups in total. The molecule has 1 aromatic carbocycles. The highest BCUT2D eigenvalue weighted by Gasteiger charge is 2.46. The third kappa shape index (κ3) is 2.46. The number of nitrogens with zero attached hydrogens (tertiary/aromatic N) is 1. The number of para-hydroxylation sites is 1. The number of hydrogen-bond acceptors (Lipinski definition) is 1. The predicted octanol–water partition coefficient (Wildman–Crippen LogP) is 5.50. The largest absolute Gasteiger partial charge is 0.361 e. The van der Waals surface area contributed by atoms with Crippen LogP contribution in [0.2, 0.25) is 0 Å². The fraction of sp³-hybridized carbons (Fsp3) is 0.381. The van der Waals surface area contributed by atoms with Crippen molar-refractivity contribution in [1.82, 2.24) is 4.98 Å². The Bertz CT molecular complexity index is 754. The number of H-pyrrole nitrogens is 1. The number of aromatic nitrogens is 1. The number of aliphatic imine (C=N–C) groups is 1. The number of allylic oxidation sites excluding steroid dienone is 1. The summed E-state index contributed by atoms with van der Waals surface area (Å²) in [5.74, 6) is 0.718. The van der Waals surface area contributed by atoms with E-state index in [-0.39, 0.29) is 17.4 Å². The van der Waals surface area contributed by atoms with Gasteiger partial charge in [-0.25, -0.2) is 0 Å². The van der Waals surface area contributed by atoms with Gasteiger partial charge in [0.15, 0.2) is 0 Å². The van der Waals surface area contributed by atoms with E-state index in [9.17, 15) is 0 Å². The SMILES string of the molecule is C=C[C@@]1(C)CC[C@@H](C(=C)C)C(c2c[nH]c3ccccc23)[C@H]1N=C. The summed E-state index contributed by atoms with van der Waals surface area (Å²) in [5.41, 5.74) is 3.73. The maximum atomic E-state index is 4.57. The Hall–Kier alpha value is -2.09. The minimum atomic E-state index is -0.0171. The van der Waals surface area contributed by atoms with Crippen LogP contribution in [0.4, 0.5) is 0 Å². The second kappa shape index (κ2) is 5.84. The Labute approximate surface area is 139 Å². The van der Waals surface area contributed by atoms with Gasteiger partial charge in [-0.15, -0.1) is 6.58 Å². The number of aromatic amines is 1. The third-order valence-electron chi connectivity index (χ3n) is 5.72. The monoisotopic (exact) mass is 306 g/mol. The lowest BCUT2D eigenvalue weighted by Gasteiger charge is -2.46. The quantitative estimate of drug-likeness (QED) is 0.571. The molecule has 0 aliphatic heterocycles. The van der Waals surface area contributed by atoms with E-state index in [1.54, 1.807) is 0 Å². The van der Waals surface area contributed by atoms with Crippen LogP contribution in [-0.2, 0) is 0 Å². The first-order valence-electron chi connectivity index (χ1n) is 8.32. The lowest BCUT2D eigenvalue weighted by Crippen LogP contribution is -2.42. The van der Waals surface area contributed by atoms with Crippen LogP contribution < -0.4 is 0 Å². The maximum absolute atomic E-state index is 4.57. The minimum Gasteiger partial charge on any atom is -0.361 e. The molecule has 1 fully saturated rings. The van der Waals surface area contributed by atoms with E-state index in [1.165, 1.54) is 22.0 Å². The van der Waals surface area contributed by atoms with E-state index < -0.39 is 0 Å². The van der Waals surface area contributed by atoms with Gasteiger partial charge >= 0.3 is 0 Å². The highest BCUT2D eigenvalue weighted by atomic mass is 14.8. The van der Waals surface area contributed by atoms with Crippen LogP contribution in [-0.4, -0.2) is 17.7 Å². The van der Waals surface area contributed by atoms with Gasteiger partial charge in [0.05, 0.1) is 6.04 Å². The van der Waals surface area contributed by atoms with E-state index in [0.717, 1.165) is 12.8 Å². The van der Waals surface area contributed by atoms with Crippen LogP contribution in [0.5, 0.6) is 0 Å². The van der Waals surface area contributed by atoms with Crippen molar-refractivity contribution in [3.05, 3.63) is 60.8 Å². The molecule has 1 aliphatic carbocycles. The van der Waals surface area contributed by atoms with Crippen LogP contribution in [0.15, 0.2) is 60.3 Å². The summed E-state index contributed by atoms with van der Waals surface area (Å²) in [6.45, 7) is 16.7. The molecule has 0 bridgehead atoms. The molecule has 0 radical (unpaired) electrons. The highest BCUT2D eigenvalue weighted by Crippen LogP contribution is 2.52. The molecule has 0 spiro atoms. The standard InChI is InChI=1S/C21H26N2/c1-6-21(4)12-11-15(14(2)3)19(20(21)22-5)17-13-23-18-10-8-7-9-16(17)18/h6-10,13,15,19-20,23H,1-2,5,11-12H2,3-4H3/t15-,19?,20+,21-/m0/s1. The van der Waals surface area contributed by atoms with Crippen molar-refractivity contribution in [3.63, 3.8) is 0 Å². The average Bonchev–Trinajstić information content (AvgIpc) is 2.97. The molecule has 23 heavy (non-hydrogen) atoms. The van der Waals surface area contributed by atoms with Crippen LogP contribution in [0.3, 0.4) is 0 Å². The van der Waals surface area contributed by atoms with Gasteiger partial charge in [-0.2, -0.15) is 0 Å². The summed E-state index contributed by atoms with van der Waals surface area (Å²) in [7, 11) is 0. The molecule has 2 heteroatoms. The molecule has 1 saturated carbocycles. The highest BCUT2D eigenvalue weighted by molar-refractivity contribution is 5.84. The third-order valence-corrected chi connectivity index (χ3v) is 5.72. The Kier molecular flexibility index (Phi) is 4.01. The van der Waals surface area contributed by atoms with E-state index >= 15 is 0 Å². The Morgan fingerprint density at radius 2 is 2.13 bits per heavy atom. The summed E-state index contributed by atoms with van der Waals surface area (Å²) in [4.78, 5) is 7.99. The zero-order valence-electron chi connectivity index (χ0n) is 14.2. The van der Waals surface area contributed by atoms with Crippen LogP contribution >= 0.6 is 0 Å². The molecule has 1 aliphatic rings. The molecule has 1 aromatic heterocycles. The Morgan fingerprint density at radius 3 is 2.78 bits per heavy atom. The van der Waals surface area contributed by atoms with Gasteiger partial charge in [-0.05, 0) is 44.0 Å². The van der Waals surface area contributed by atoms with Crippen LogP contribution in [0.25, 0.3) is 10.9 Å². The lowest BCUT2D eigenvalue weighted by atomic mass is 9.59. The van der Waals surface area contributed by atoms with Crippen LogP contribution in [0, 0.1) is 11.3 Å². The minimum absolute atomic E-state index is 0.0171. The van der Waals surface area contributed by atoms with Crippen molar-refractivity contribution in [1.29, 1.82) is 0 Å². The normalized spacial score (nSPS) is 31.0. The molecule has 4 atom stereocenters. The first-order valence-corrected chi connectivity index (χ1v) is 8.32. The fourth-order valence-electron chi connectivity index (χ4n) is 4.28. The Morgan fingerprint density at radius 1 is 1.39 bits per heavy atom. The van der Waals surface area contributed by atoms with Crippen molar-refractivity contribution in [2.24, 2.45) is 16.3 Å². The number of benzene rings is 1. The molecule has 2 nitrogen and oxygen atoms in total. The van der Waals surface area contributed by atoms with Crippen molar-refractivity contribution >= 4 is 17.6 Å². The molecule has 0 saturated heterocycles. The zero-order valence-corrected chi connectivity index (χ0v) is 14.2. The zero-order chi connectivity index (χ0) is 16.6. The second-order valence-corrected chi connectivity index (χ2v) is 7.14. The summed E-state index contributed by atoms with van der Waals surface area (Å²) in [5, 5.41) is 1.28. The first-order chi connectivity index (χ1) is 11.0. The molecule has 120 valence electrons. The lowest BCUT2D eigenvalue weighted by molar-refractivity contribution is 0.174. The summed E-state index contributed by atoms with van der Waals surface area (Å²) < 4.78 is 0. The van der Waals surface area contributed by atoms with Gasteiger partial charge in [0.2, 0.25) is 0 Å². The van der Waals surface area contributed by atoms with Gasteiger partial charge in [-0.1, -0.05) is 43.4 Å². The van der Waals surface area contributed by atoms with Gasteiger partial charge in [0.25, 0.3) is 0 Å². The summed E-state index contributed by atoms with van der Waals surface area (Å²) >= 11 is 0. The van der Waals surface area contributed by atoms with E-state index in [4.69, 9.17) is 0 Å². The molecule has 1 heterocycles. The molecule has 2 aromatic rings. The smallest absolute Gasteiger partial charge is 0.0655 e. The van der Waals surface area contributed by atoms with Crippen molar-refractivity contribution in [3.8, 4) is 0 Å². The molecule has 0 amide bonds. The van der Waals surface area contributed by atoms with Gasteiger partial charge < -0.3 is 4.98 Å². The molecule has 1 unspecified atom stereocenters. The number of nitrogens with one attached hydrogen (secondary N) is 1. The number of rotatable bonds is 4. The second-order valence-electron chi connectivity index (χ2n) is 7.14. The summed E-state index contributed by atoms with van der Waals surface area (Å²) in [6, 6.07) is 8.60. The van der Waals surface area contributed by atoms with Gasteiger partial charge in [0.1, 0.15) is 0 Å². The number of hydrogen-bond donors (Lipinski definition) is 1. The maximum Gasteiger partial charge on any atom is 0.0655 e. The summed E-state index contributed by atoms with van der Waals surface area (Å²) in [6.07, 6.45) is 6.42. The van der Waals surface area contributed by atoms with Crippen molar-refractivity contribution < 1.29 is 0 Å². The predicted molar refractivity (Wildman–Crippen MR) is 100 cm³/mol. The van der Waals surface area contributed by atoms with Crippen LogP contribution in [0.1, 0.15) is 38.2 Å². The Balaban J connectivity index is 2.18. The van der Waals surface area contributed by atoms with Gasteiger partial charge in [0, 0.05) is 28.4 Å². The van der Waals surface area contributed by atoms with E-state index in [1.807, 2.05) is 0 Å².